The molecule has 0 aliphatic carbocycles. The Morgan fingerprint density at radius 3 is 2.65 bits per heavy atom. The van der Waals surface area contributed by atoms with Gasteiger partial charge in [-0.25, -0.2) is 9.97 Å². The SMILES string of the molecule is CNc1ncnc(/C=C(/OC)C(C)OC)c1C. The number of methoxy groups -OCH3 is 2. The van der Waals surface area contributed by atoms with Crippen LogP contribution in [-0.2, 0) is 9.47 Å². The van der Waals surface area contributed by atoms with Crippen LogP contribution in [0.3, 0.4) is 0 Å². The summed E-state index contributed by atoms with van der Waals surface area (Å²) in [7, 11) is 5.10. The third kappa shape index (κ3) is 3.17. The molecule has 1 N–H and O–H groups in total. The van der Waals surface area contributed by atoms with Gasteiger partial charge in [0.25, 0.3) is 0 Å². The Kier molecular flexibility index (Phi) is 4.90. The van der Waals surface area contributed by atoms with Crippen molar-refractivity contribution in [1.29, 1.82) is 0 Å². The topological polar surface area (TPSA) is 56.3 Å². The molecule has 1 heterocycles. The quantitative estimate of drug-likeness (QED) is 0.792. The first-order valence-electron chi connectivity index (χ1n) is 5.41. The molecular formula is C12H19N3O2. The van der Waals surface area contributed by atoms with Crippen LogP contribution in [0.15, 0.2) is 12.1 Å². The van der Waals surface area contributed by atoms with E-state index in [4.69, 9.17) is 9.47 Å². The Balaban J connectivity index is 3.11. The number of nitrogens with zero attached hydrogens (tertiary/aromatic N) is 2. The van der Waals surface area contributed by atoms with Crippen molar-refractivity contribution in [2.75, 3.05) is 26.6 Å². The van der Waals surface area contributed by atoms with Gasteiger partial charge in [-0.15, -0.1) is 0 Å². The maximum absolute atomic E-state index is 5.29. The van der Waals surface area contributed by atoms with E-state index >= 15 is 0 Å². The van der Waals surface area contributed by atoms with Crippen LogP contribution in [0.2, 0.25) is 0 Å². The van der Waals surface area contributed by atoms with Gasteiger partial charge in [0.15, 0.2) is 0 Å². The minimum absolute atomic E-state index is 0.104. The summed E-state index contributed by atoms with van der Waals surface area (Å²) in [4.78, 5) is 8.36. The van der Waals surface area contributed by atoms with Crippen molar-refractivity contribution < 1.29 is 9.47 Å². The molecule has 5 heteroatoms. The van der Waals surface area contributed by atoms with Crippen LogP contribution in [0.25, 0.3) is 6.08 Å². The average Bonchev–Trinajstić information content (AvgIpc) is 2.36. The summed E-state index contributed by atoms with van der Waals surface area (Å²) in [5.41, 5.74) is 1.80. The van der Waals surface area contributed by atoms with Crippen molar-refractivity contribution in [2.45, 2.75) is 20.0 Å². The molecule has 0 saturated heterocycles. The van der Waals surface area contributed by atoms with E-state index in [1.165, 1.54) is 6.33 Å². The highest BCUT2D eigenvalue weighted by molar-refractivity contribution is 5.58. The van der Waals surface area contributed by atoms with Crippen LogP contribution in [-0.4, -0.2) is 37.3 Å². The zero-order valence-electron chi connectivity index (χ0n) is 10.9. The third-order valence-electron chi connectivity index (χ3n) is 2.63. The summed E-state index contributed by atoms with van der Waals surface area (Å²) in [6.07, 6.45) is 3.29. The van der Waals surface area contributed by atoms with Crippen LogP contribution < -0.4 is 5.32 Å². The monoisotopic (exact) mass is 237 g/mol. The molecule has 1 atom stereocenters. The molecule has 94 valence electrons. The van der Waals surface area contributed by atoms with Gasteiger partial charge in [-0.3, -0.25) is 0 Å². The van der Waals surface area contributed by atoms with Gasteiger partial charge in [-0.05, 0) is 13.8 Å². The van der Waals surface area contributed by atoms with Gasteiger partial charge in [0, 0.05) is 25.8 Å². The second kappa shape index (κ2) is 6.20. The molecule has 1 rings (SSSR count). The summed E-state index contributed by atoms with van der Waals surface area (Å²) in [5.74, 6) is 1.54. The molecule has 0 bridgehead atoms. The largest absolute Gasteiger partial charge is 0.498 e. The van der Waals surface area contributed by atoms with Gasteiger partial charge < -0.3 is 14.8 Å². The second-order valence-corrected chi connectivity index (χ2v) is 3.61. The highest BCUT2D eigenvalue weighted by Gasteiger charge is 2.10. The predicted octanol–water partition coefficient (Wildman–Crippen LogP) is 1.85. The first-order valence-corrected chi connectivity index (χ1v) is 5.41. The van der Waals surface area contributed by atoms with E-state index in [1.807, 2.05) is 27.0 Å². The molecule has 17 heavy (non-hydrogen) atoms. The summed E-state index contributed by atoms with van der Waals surface area (Å²) < 4.78 is 10.5. The number of rotatable bonds is 5. The Morgan fingerprint density at radius 2 is 2.12 bits per heavy atom. The molecule has 0 aromatic carbocycles. The number of nitrogens with one attached hydrogen (secondary N) is 1. The fourth-order valence-electron chi connectivity index (χ4n) is 1.45. The molecule has 1 aromatic rings. The summed E-state index contributed by atoms with van der Waals surface area (Å²) in [5, 5.41) is 3.02. The summed E-state index contributed by atoms with van der Waals surface area (Å²) in [6, 6.07) is 0. The van der Waals surface area contributed by atoms with E-state index in [0.29, 0.717) is 0 Å². The molecule has 0 amide bonds. The van der Waals surface area contributed by atoms with Gasteiger partial charge in [-0.2, -0.15) is 0 Å². The van der Waals surface area contributed by atoms with Crippen LogP contribution in [0.4, 0.5) is 5.82 Å². The van der Waals surface area contributed by atoms with Crippen LogP contribution >= 0.6 is 0 Å². The standard InChI is InChI=1S/C12H19N3O2/c1-8-10(14-7-15-12(8)13-3)6-11(17-5)9(2)16-4/h6-7,9H,1-5H3,(H,13,14,15)/b11-6+. The van der Waals surface area contributed by atoms with Crippen molar-refractivity contribution in [3.63, 3.8) is 0 Å². The first-order chi connectivity index (χ1) is 8.13. The Morgan fingerprint density at radius 1 is 1.41 bits per heavy atom. The van der Waals surface area contributed by atoms with Crippen LogP contribution in [0.1, 0.15) is 18.2 Å². The number of ether oxygens (including phenoxy) is 2. The van der Waals surface area contributed by atoms with E-state index in [2.05, 4.69) is 15.3 Å². The normalized spacial score (nSPS) is 13.4. The van der Waals surface area contributed by atoms with E-state index in [1.54, 1.807) is 14.2 Å². The molecule has 0 aliphatic heterocycles. The van der Waals surface area contributed by atoms with Gasteiger partial charge in [0.05, 0.1) is 12.8 Å². The Hall–Kier alpha value is -1.62. The van der Waals surface area contributed by atoms with Crippen molar-refractivity contribution in [3.8, 4) is 0 Å². The molecule has 0 aliphatic rings. The summed E-state index contributed by atoms with van der Waals surface area (Å²) >= 11 is 0. The smallest absolute Gasteiger partial charge is 0.132 e. The van der Waals surface area contributed by atoms with Gasteiger partial charge in [0.2, 0.25) is 0 Å². The maximum Gasteiger partial charge on any atom is 0.132 e. The lowest BCUT2D eigenvalue weighted by Gasteiger charge is -2.13. The molecular weight excluding hydrogens is 218 g/mol. The molecule has 1 aromatic heterocycles. The van der Waals surface area contributed by atoms with E-state index in [0.717, 1.165) is 22.8 Å². The molecule has 0 saturated carbocycles. The Labute approximate surface area is 102 Å². The van der Waals surface area contributed by atoms with E-state index < -0.39 is 0 Å². The Bertz CT molecular complexity index is 405. The molecule has 0 fully saturated rings. The average molecular weight is 237 g/mol. The molecule has 0 spiro atoms. The van der Waals surface area contributed by atoms with Crippen molar-refractivity contribution in [2.24, 2.45) is 0 Å². The maximum atomic E-state index is 5.29. The van der Waals surface area contributed by atoms with Crippen molar-refractivity contribution in [1.82, 2.24) is 9.97 Å². The van der Waals surface area contributed by atoms with Gasteiger partial charge in [0.1, 0.15) is 24.0 Å². The zero-order chi connectivity index (χ0) is 12.8. The molecule has 1 unspecified atom stereocenters. The predicted molar refractivity (Wildman–Crippen MR) is 67.8 cm³/mol. The minimum atomic E-state index is -0.104. The van der Waals surface area contributed by atoms with Crippen molar-refractivity contribution >= 4 is 11.9 Å². The lowest BCUT2D eigenvalue weighted by atomic mass is 10.2. The zero-order valence-corrected chi connectivity index (χ0v) is 10.9. The highest BCUT2D eigenvalue weighted by Crippen LogP contribution is 2.18. The van der Waals surface area contributed by atoms with Crippen LogP contribution in [0.5, 0.6) is 0 Å². The second-order valence-electron chi connectivity index (χ2n) is 3.61. The lowest BCUT2D eigenvalue weighted by Crippen LogP contribution is -2.10. The fourth-order valence-corrected chi connectivity index (χ4v) is 1.45. The molecule has 0 radical (unpaired) electrons. The number of aromatic nitrogens is 2. The number of hydrogen-bond acceptors (Lipinski definition) is 5. The van der Waals surface area contributed by atoms with Gasteiger partial charge >= 0.3 is 0 Å². The van der Waals surface area contributed by atoms with E-state index in [9.17, 15) is 0 Å². The number of hydrogen-bond donors (Lipinski definition) is 1. The van der Waals surface area contributed by atoms with Gasteiger partial charge in [-0.1, -0.05) is 0 Å². The van der Waals surface area contributed by atoms with Crippen LogP contribution in [0, 0.1) is 6.92 Å². The van der Waals surface area contributed by atoms with E-state index in [-0.39, 0.29) is 6.10 Å². The van der Waals surface area contributed by atoms with Crippen molar-refractivity contribution in [3.05, 3.63) is 23.3 Å². The lowest BCUT2D eigenvalue weighted by molar-refractivity contribution is 0.0937. The third-order valence-corrected chi connectivity index (χ3v) is 2.63. The minimum Gasteiger partial charge on any atom is -0.498 e. The highest BCUT2D eigenvalue weighted by atomic mass is 16.5. The fraction of sp³-hybridized carbons (Fsp3) is 0.500. The first kappa shape index (κ1) is 13.4. The molecule has 5 nitrogen and oxygen atoms in total. The summed E-state index contributed by atoms with van der Waals surface area (Å²) in [6.45, 7) is 3.88. The number of anilines is 1.